The van der Waals surface area contributed by atoms with Crippen LogP contribution in [0.15, 0.2) is 28.7 Å². The number of hydrogen-bond acceptors (Lipinski definition) is 3. The number of nitrogens with one attached hydrogen (secondary N) is 1. The van der Waals surface area contributed by atoms with E-state index < -0.39 is 0 Å². The van der Waals surface area contributed by atoms with Crippen LogP contribution in [0.4, 0.5) is 5.69 Å². The van der Waals surface area contributed by atoms with Gasteiger partial charge < -0.3 is 11.1 Å². The zero-order valence-corrected chi connectivity index (χ0v) is 13.5. The normalized spacial score (nSPS) is 17.4. The summed E-state index contributed by atoms with van der Waals surface area (Å²) in [6.07, 6.45) is 1.90. The number of amides is 1. The molecule has 0 saturated carbocycles. The minimum Gasteiger partial charge on any atom is -0.323 e. The largest absolute Gasteiger partial charge is 0.323 e. The summed E-state index contributed by atoms with van der Waals surface area (Å²) in [6.45, 7) is 0.800. The molecule has 1 aliphatic rings. The Labute approximate surface area is 135 Å². The third-order valence-electron chi connectivity index (χ3n) is 3.51. The monoisotopic (exact) mass is 368 g/mol. The molecule has 0 saturated heterocycles. The third-order valence-corrected chi connectivity index (χ3v) is 4.80. The van der Waals surface area contributed by atoms with Gasteiger partial charge in [-0.15, -0.1) is 0 Å². The van der Waals surface area contributed by atoms with Gasteiger partial charge in [-0.3, -0.25) is 9.48 Å². The van der Waals surface area contributed by atoms with Crippen LogP contribution in [-0.2, 0) is 6.54 Å². The molecule has 1 atom stereocenters. The molecule has 7 heteroatoms. The van der Waals surface area contributed by atoms with Crippen molar-refractivity contribution in [1.29, 1.82) is 0 Å². The number of anilines is 1. The van der Waals surface area contributed by atoms with Crippen LogP contribution in [0.2, 0.25) is 5.02 Å². The number of benzene rings is 1. The Kier molecular flexibility index (Phi) is 4.01. The third kappa shape index (κ3) is 2.84. The van der Waals surface area contributed by atoms with Crippen LogP contribution >= 0.6 is 27.5 Å². The second-order valence-electron chi connectivity index (χ2n) is 4.98. The zero-order valence-electron chi connectivity index (χ0n) is 11.1. The highest BCUT2D eigenvalue weighted by molar-refractivity contribution is 9.10. The van der Waals surface area contributed by atoms with Crippen molar-refractivity contribution in [1.82, 2.24) is 9.78 Å². The van der Waals surface area contributed by atoms with E-state index in [4.69, 9.17) is 17.3 Å². The Morgan fingerprint density at radius 3 is 3.10 bits per heavy atom. The van der Waals surface area contributed by atoms with Crippen molar-refractivity contribution in [2.75, 3.05) is 5.32 Å². The summed E-state index contributed by atoms with van der Waals surface area (Å²) in [5.41, 5.74) is 7.85. The lowest BCUT2D eigenvalue weighted by Gasteiger charge is -2.19. The maximum atomic E-state index is 12.3. The van der Waals surface area contributed by atoms with Crippen molar-refractivity contribution < 1.29 is 4.79 Å². The topological polar surface area (TPSA) is 72.9 Å². The number of nitrogens with zero attached hydrogens (tertiary/aromatic N) is 2. The molecule has 110 valence electrons. The fourth-order valence-electron chi connectivity index (χ4n) is 2.42. The van der Waals surface area contributed by atoms with Crippen LogP contribution in [0.5, 0.6) is 0 Å². The van der Waals surface area contributed by atoms with E-state index in [-0.39, 0.29) is 11.9 Å². The van der Waals surface area contributed by atoms with Crippen LogP contribution in [-0.4, -0.2) is 15.7 Å². The minimum atomic E-state index is -0.288. The Balaban J connectivity index is 1.84. The maximum absolute atomic E-state index is 12.3. The highest BCUT2D eigenvalue weighted by Gasteiger charge is 2.22. The van der Waals surface area contributed by atoms with Gasteiger partial charge in [0.1, 0.15) is 0 Å². The van der Waals surface area contributed by atoms with E-state index in [1.807, 2.05) is 10.7 Å². The molecule has 1 amide bonds. The Morgan fingerprint density at radius 1 is 1.52 bits per heavy atom. The van der Waals surface area contributed by atoms with Crippen LogP contribution in [0.1, 0.15) is 35.1 Å². The van der Waals surface area contributed by atoms with Crippen LogP contribution < -0.4 is 11.1 Å². The van der Waals surface area contributed by atoms with Crippen molar-refractivity contribution in [2.24, 2.45) is 5.73 Å². The number of rotatable bonds is 2. The Bertz CT molecular complexity index is 700. The fraction of sp³-hybridized carbons (Fsp3) is 0.286. The molecule has 2 heterocycles. The number of aryl methyl sites for hydroxylation is 1. The van der Waals surface area contributed by atoms with Gasteiger partial charge in [0.15, 0.2) is 5.69 Å². The van der Waals surface area contributed by atoms with E-state index in [0.717, 1.165) is 29.6 Å². The average Bonchev–Trinajstić information content (AvgIpc) is 2.89. The molecule has 21 heavy (non-hydrogen) atoms. The Hall–Kier alpha value is -1.37. The van der Waals surface area contributed by atoms with Crippen LogP contribution in [0, 0.1) is 0 Å². The molecular weight excluding hydrogens is 356 g/mol. The van der Waals surface area contributed by atoms with E-state index in [1.165, 1.54) is 0 Å². The molecule has 5 nitrogen and oxygen atoms in total. The van der Waals surface area contributed by atoms with Crippen molar-refractivity contribution in [3.05, 3.63) is 45.1 Å². The number of nitrogens with two attached hydrogens (primary N) is 1. The van der Waals surface area contributed by atoms with Gasteiger partial charge in [-0.1, -0.05) is 17.7 Å². The number of halogens is 2. The summed E-state index contributed by atoms with van der Waals surface area (Å²) in [5.74, 6) is -0.288. The summed E-state index contributed by atoms with van der Waals surface area (Å²) >= 11 is 9.47. The summed E-state index contributed by atoms with van der Waals surface area (Å²) in [7, 11) is 0. The van der Waals surface area contributed by atoms with Crippen LogP contribution in [0.3, 0.4) is 0 Å². The minimum absolute atomic E-state index is 0.0535. The summed E-state index contributed by atoms with van der Waals surface area (Å²) in [6, 6.07) is 7.06. The van der Waals surface area contributed by atoms with Gasteiger partial charge >= 0.3 is 0 Å². The smallest absolute Gasteiger partial charge is 0.276 e. The number of fused-ring (bicyclic) bond motifs is 1. The molecule has 0 spiro atoms. The predicted octanol–water partition coefficient (Wildman–Crippen LogP) is 3.34. The zero-order chi connectivity index (χ0) is 15.0. The molecule has 3 N–H and O–H groups in total. The molecule has 0 unspecified atom stereocenters. The van der Waals surface area contributed by atoms with Gasteiger partial charge in [-0.25, -0.2) is 0 Å². The van der Waals surface area contributed by atoms with Crippen LogP contribution in [0.25, 0.3) is 0 Å². The summed E-state index contributed by atoms with van der Waals surface area (Å²) < 4.78 is 2.54. The first-order valence-electron chi connectivity index (χ1n) is 6.65. The van der Waals surface area contributed by atoms with Gasteiger partial charge in [-0.2, -0.15) is 5.10 Å². The number of carbonyl (C=O) groups is 1. The summed E-state index contributed by atoms with van der Waals surface area (Å²) in [5, 5.41) is 7.56. The standard InChI is InChI=1S/C14H14BrClN4O/c15-8-3-1-5-10(13(8)16)18-14(21)11-7-12-9(17)4-2-6-20(12)19-11/h1,3,5,7,9H,2,4,6,17H2,(H,18,21)/t9-/m0/s1. The molecule has 1 aliphatic heterocycles. The second kappa shape index (κ2) is 5.79. The van der Waals surface area contributed by atoms with Crippen molar-refractivity contribution in [3.8, 4) is 0 Å². The lowest BCUT2D eigenvalue weighted by molar-refractivity contribution is 0.102. The number of aromatic nitrogens is 2. The first kappa shape index (κ1) is 14.6. The van der Waals surface area contributed by atoms with Gasteiger partial charge in [0, 0.05) is 17.1 Å². The molecule has 0 bridgehead atoms. The average molecular weight is 370 g/mol. The molecule has 0 fully saturated rings. The molecular formula is C14H14BrClN4O. The van der Waals surface area contributed by atoms with Crippen molar-refractivity contribution in [3.63, 3.8) is 0 Å². The highest BCUT2D eigenvalue weighted by Crippen LogP contribution is 2.30. The predicted molar refractivity (Wildman–Crippen MR) is 85.5 cm³/mol. The lowest BCUT2D eigenvalue weighted by Crippen LogP contribution is -2.21. The quantitative estimate of drug-likeness (QED) is 0.852. The van der Waals surface area contributed by atoms with Gasteiger partial charge in [0.2, 0.25) is 0 Å². The number of carbonyl (C=O) groups excluding carboxylic acids is 1. The van der Waals surface area contributed by atoms with E-state index in [0.29, 0.717) is 16.4 Å². The van der Waals surface area contributed by atoms with Gasteiger partial charge in [-0.05, 0) is 47.0 Å². The van der Waals surface area contributed by atoms with Crippen molar-refractivity contribution >= 4 is 39.1 Å². The van der Waals surface area contributed by atoms with Crippen molar-refractivity contribution in [2.45, 2.75) is 25.4 Å². The molecule has 2 aromatic rings. The SMILES string of the molecule is N[C@H]1CCCn2nc(C(=O)Nc3cccc(Br)c3Cl)cc21. The molecule has 0 radical (unpaired) electrons. The molecule has 1 aromatic carbocycles. The Morgan fingerprint density at radius 2 is 2.33 bits per heavy atom. The first-order chi connectivity index (χ1) is 10.1. The van der Waals surface area contributed by atoms with Gasteiger partial charge in [0.25, 0.3) is 5.91 Å². The van der Waals surface area contributed by atoms with E-state index >= 15 is 0 Å². The molecule has 1 aromatic heterocycles. The molecule has 3 rings (SSSR count). The van der Waals surface area contributed by atoms with E-state index in [9.17, 15) is 4.79 Å². The summed E-state index contributed by atoms with van der Waals surface area (Å²) in [4.78, 5) is 12.3. The van der Waals surface area contributed by atoms with E-state index in [2.05, 4.69) is 26.3 Å². The second-order valence-corrected chi connectivity index (χ2v) is 6.21. The highest BCUT2D eigenvalue weighted by atomic mass is 79.9. The number of hydrogen-bond donors (Lipinski definition) is 2. The van der Waals surface area contributed by atoms with E-state index in [1.54, 1.807) is 18.2 Å². The maximum Gasteiger partial charge on any atom is 0.276 e. The fourth-order valence-corrected chi connectivity index (χ4v) is 2.95. The molecule has 0 aliphatic carbocycles. The lowest BCUT2D eigenvalue weighted by atomic mass is 10.1. The first-order valence-corrected chi connectivity index (χ1v) is 7.82. The van der Waals surface area contributed by atoms with Gasteiger partial charge in [0.05, 0.1) is 16.4 Å².